The summed E-state index contributed by atoms with van der Waals surface area (Å²) in [4.78, 5) is 11.1. The SMILES string of the molecule is COc1cccc(C=O)c1Nc1ccc(Br)c(C)c1. The summed E-state index contributed by atoms with van der Waals surface area (Å²) in [6.45, 7) is 2.01. The number of hydrogen-bond donors (Lipinski definition) is 1. The Balaban J connectivity index is 2.41. The summed E-state index contributed by atoms with van der Waals surface area (Å²) in [6, 6.07) is 11.3. The normalized spacial score (nSPS) is 10.1. The smallest absolute Gasteiger partial charge is 0.152 e. The quantitative estimate of drug-likeness (QED) is 0.853. The van der Waals surface area contributed by atoms with Crippen LogP contribution >= 0.6 is 15.9 Å². The molecular weight excluding hydrogens is 306 g/mol. The van der Waals surface area contributed by atoms with E-state index in [9.17, 15) is 4.79 Å². The Hall–Kier alpha value is -1.81. The number of para-hydroxylation sites is 1. The summed E-state index contributed by atoms with van der Waals surface area (Å²) < 4.78 is 6.33. The molecule has 0 unspecified atom stereocenters. The van der Waals surface area contributed by atoms with Crippen LogP contribution in [0.25, 0.3) is 0 Å². The standard InChI is InChI=1S/C15H14BrNO2/c1-10-8-12(6-7-13(10)16)17-15-11(9-18)4-3-5-14(15)19-2/h3-9,17H,1-2H3. The number of nitrogens with one attached hydrogen (secondary N) is 1. The number of carbonyl (C=O) groups is 1. The highest BCUT2D eigenvalue weighted by Crippen LogP contribution is 2.31. The van der Waals surface area contributed by atoms with Crippen molar-refractivity contribution in [2.45, 2.75) is 6.92 Å². The minimum atomic E-state index is 0.569. The molecule has 98 valence electrons. The number of rotatable bonds is 4. The summed E-state index contributed by atoms with van der Waals surface area (Å²) in [6.07, 6.45) is 0.816. The molecule has 3 nitrogen and oxygen atoms in total. The van der Waals surface area contributed by atoms with Gasteiger partial charge in [0, 0.05) is 15.7 Å². The average Bonchev–Trinajstić information content (AvgIpc) is 2.43. The Morgan fingerprint density at radius 3 is 2.68 bits per heavy atom. The third-order valence-electron chi connectivity index (χ3n) is 2.83. The second-order valence-electron chi connectivity index (χ2n) is 4.13. The van der Waals surface area contributed by atoms with Crippen molar-refractivity contribution >= 4 is 33.6 Å². The Morgan fingerprint density at radius 2 is 2.05 bits per heavy atom. The minimum Gasteiger partial charge on any atom is -0.495 e. The zero-order valence-electron chi connectivity index (χ0n) is 10.7. The molecule has 0 heterocycles. The van der Waals surface area contributed by atoms with E-state index in [0.717, 1.165) is 22.0 Å². The van der Waals surface area contributed by atoms with Crippen molar-refractivity contribution in [3.63, 3.8) is 0 Å². The molecule has 0 saturated carbocycles. The van der Waals surface area contributed by atoms with Gasteiger partial charge in [0.25, 0.3) is 0 Å². The molecule has 2 rings (SSSR count). The number of aryl methyl sites for hydroxylation is 1. The van der Waals surface area contributed by atoms with Gasteiger partial charge in [-0.1, -0.05) is 22.0 Å². The van der Waals surface area contributed by atoms with Gasteiger partial charge in [0.2, 0.25) is 0 Å². The molecule has 0 saturated heterocycles. The molecule has 0 aromatic heterocycles. The van der Waals surface area contributed by atoms with Crippen LogP contribution in [0.15, 0.2) is 40.9 Å². The predicted molar refractivity (Wildman–Crippen MR) is 80.5 cm³/mol. The lowest BCUT2D eigenvalue weighted by Gasteiger charge is -2.14. The van der Waals surface area contributed by atoms with Gasteiger partial charge < -0.3 is 10.1 Å². The van der Waals surface area contributed by atoms with Crippen LogP contribution in [0.3, 0.4) is 0 Å². The van der Waals surface area contributed by atoms with Crippen LogP contribution in [0.1, 0.15) is 15.9 Å². The topological polar surface area (TPSA) is 38.3 Å². The van der Waals surface area contributed by atoms with Gasteiger partial charge in [0.1, 0.15) is 5.75 Å². The summed E-state index contributed by atoms with van der Waals surface area (Å²) in [5, 5.41) is 3.23. The number of anilines is 2. The van der Waals surface area contributed by atoms with E-state index in [4.69, 9.17) is 4.74 Å². The molecule has 0 amide bonds. The molecule has 2 aromatic carbocycles. The summed E-state index contributed by atoms with van der Waals surface area (Å²) in [7, 11) is 1.59. The molecule has 0 radical (unpaired) electrons. The van der Waals surface area contributed by atoms with Crippen LogP contribution in [0.4, 0.5) is 11.4 Å². The fraction of sp³-hybridized carbons (Fsp3) is 0.133. The molecule has 0 bridgehead atoms. The van der Waals surface area contributed by atoms with Crippen molar-refractivity contribution < 1.29 is 9.53 Å². The third kappa shape index (κ3) is 2.96. The summed E-state index contributed by atoms with van der Waals surface area (Å²) in [5.41, 5.74) is 3.28. The van der Waals surface area contributed by atoms with Crippen molar-refractivity contribution in [3.8, 4) is 5.75 Å². The highest BCUT2D eigenvalue weighted by Gasteiger charge is 2.09. The Bertz CT molecular complexity index is 611. The molecule has 0 aliphatic carbocycles. The van der Waals surface area contributed by atoms with Crippen molar-refractivity contribution in [2.24, 2.45) is 0 Å². The molecule has 4 heteroatoms. The average molecular weight is 320 g/mol. The highest BCUT2D eigenvalue weighted by molar-refractivity contribution is 9.10. The number of hydrogen-bond acceptors (Lipinski definition) is 3. The Labute approximate surface area is 120 Å². The lowest BCUT2D eigenvalue weighted by atomic mass is 10.1. The van der Waals surface area contributed by atoms with E-state index in [1.165, 1.54) is 0 Å². The van der Waals surface area contributed by atoms with Gasteiger partial charge in [0.15, 0.2) is 6.29 Å². The Morgan fingerprint density at radius 1 is 1.26 bits per heavy atom. The van der Waals surface area contributed by atoms with Gasteiger partial charge in [-0.15, -0.1) is 0 Å². The maximum absolute atomic E-state index is 11.1. The van der Waals surface area contributed by atoms with E-state index < -0.39 is 0 Å². The highest BCUT2D eigenvalue weighted by atomic mass is 79.9. The number of benzene rings is 2. The molecule has 0 aliphatic heterocycles. The second-order valence-corrected chi connectivity index (χ2v) is 4.99. The van der Waals surface area contributed by atoms with Crippen molar-refractivity contribution in [1.82, 2.24) is 0 Å². The van der Waals surface area contributed by atoms with E-state index in [1.54, 1.807) is 19.2 Å². The summed E-state index contributed by atoms with van der Waals surface area (Å²) >= 11 is 3.46. The van der Waals surface area contributed by atoms with Gasteiger partial charge in [-0.3, -0.25) is 4.79 Å². The lowest BCUT2D eigenvalue weighted by Crippen LogP contribution is -1.99. The molecule has 0 aliphatic rings. The van der Waals surface area contributed by atoms with Crippen molar-refractivity contribution in [1.29, 1.82) is 0 Å². The Kier molecular flexibility index (Phi) is 4.22. The maximum atomic E-state index is 11.1. The van der Waals surface area contributed by atoms with Crippen LogP contribution < -0.4 is 10.1 Å². The van der Waals surface area contributed by atoms with Gasteiger partial charge in [-0.05, 0) is 42.8 Å². The van der Waals surface area contributed by atoms with Crippen LogP contribution in [0.5, 0.6) is 5.75 Å². The first kappa shape index (κ1) is 13.6. The molecule has 2 aromatic rings. The van der Waals surface area contributed by atoms with Crippen LogP contribution in [-0.2, 0) is 0 Å². The van der Waals surface area contributed by atoms with Crippen LogP contribution in [0, 0.1) is 6.92 Å². The van der Waals surface area contributed by atoms with Crippen molar-refractivity contribution in [3.05, 3.63) is 52.0 Å². The van der Waals surface area contributed by atoms with Crippen molar-refractivity contribution in [2.75, 3.05) is 12.4 Å². The van der Waals surface area contributed by atoms with E-state index in [1.807, 2.05) is 31.2 Å². The first-order chi connectivity index (χ1) is 9.15. The monoisotopic (exact) mass is 319 g/mol. The van der Waals surface area contributed by atoms with E-state index in [2.05, 4.69) is 21.2 Å². The van der Waals surface area contributed by atoms with E-state index in [-0.39, 0.29) is 0 Å². The van der Waals surface area contributed by atoms with Crippen LogP contribution in [-0.4, -0.2) is 13.4 Å². The van der Waals surface area contributed by atoms with Gasteiger partial charge in [-0.25, -0.2) is 0 Å². The fourth-order valence-electron chi connectivity index (χ4n) is 1.82. The second kappa shape index (κ2) is 5.89. The largest absolute Gasteiger partial charge is 0.495 e. The molecular formula is C15H14BrNO2. The molecule has 1 N–H and O–H groups in total. The maximum Gasteiger partial charge on any atom is 0.152 e. The van der Waals surface area contributed by atoms with E-state index >= 15 is 0 Å². The van der Waals surface area contributed by atoms with Gasteiger partial charge >= 0.3 is 0 Å². The molecule has 0 atom stereocenters. The fourth-order valence-corrected chi connectivity index (χ4v) is 2.06. The predicted octanol–water partition coefficient (Wildman–Crippen LogP) is 4.32. The first-order valence-electron chi connectivity index (χ1n) is 5.81. The number of aldehydes is 1. The number of ether oxygens (including phenoxy) is 1. The van der Waals surface area contributed by atoms with Gasteiger partial charge in [-0.2, -0.15) is 0 Å². The molecule has 0 fully saturated rings. The third-order valence-corrected chi connectivity index (χ3v) is 3.72. The minimum absolute atomic E-state index is 0.569. The number of halogens is 1. The number of methoxy groups -OCH3 is 1. The first-order valence-corrected chi connectivity index (χ1v) is 6.60. The van der Waals surface area contributed by atoms with Gasteiger partial charge in [0.05, 0.1) is 12.8 Å². The van der Waals surface area contributed by atoms with E-state index in [0.29, 0.717) is 17.0 Å². The zero-order chi connectivity index (χ0) is 13.8. The molecule has 19 heavy (non-hydrogen) atoms. The van der Waals surface area contributed by atoms with Crippen LogP contribution in [0.2, 0.25) is 0 Å². The zero-order valence-corrected chi connectivity index (χ0v) is 12.3. The molecule has 0 spiro atoms. The summed E-state index contributed by atoms with van der Waals surface area (Å²) in [5.74, 6) is 0.644. The number of carbonyl (C=O) groups excluding carboxylic acids is 1. The lowest BCUT2D eigenvalue weighted by molar-refractivity contribution is 0.112.